The predicted octanol–water partition coefficient (Wildman–Crippen LogP) is 3.67. The maximum atomic E-state index is 12.5. The predicted molar refractivity (Wildman–Crippen MR) is 111 cm³/mol. The van der Waals surface area contributed by atoms with Gasteiger partial charge in [-0.05, 0) is 23.8 Å². The number of hydrogen-bond donors (Lipinski definition) is 0. The molecule has 0 bridgehead atoms. The van der Waals surface area contributed by atoms with Crippen molar-refractivity contribution in [2.24, 2.45) is 0 Å². The minimum atomic E-state index is 0.232. The van der Waals surface area contributed by atoms with Crippen LogP contribution in [0.25, 0.3) is 10.9 Å². The summed E-state index contributed by atoms with van der Waals surface area (Å²) in [7, 11) is 0. The van der Waals surface area contributed by atoms with E-state index in [4.69, 9.17) is 0 Å². The van der Waals surface area contributed by atoms with Crippen molar-refractivity contribution < 1.29 is 4.79 Å². The third-order valence-corrected chi connectivity index (χ3v) is 5.94. The largest absolute Gasteiger partial charge is 0.339 e. The van der Waals surface area contributed by atoms with Crippen LogP contribution in [0.2, 0.25) is 0 Å². The molecule has 1 aliphatic rings. The molecule has 4 rings (SSSR count). The van der Waals surface area contributed by atoms with Gasteiger partial charge in [0.05, 0.1) is 11.3 Å². The first-order valence-electron chi connectivity index (χ1n) is 9.30. The summed E-state index contributed by atoms with van der Waals surface area (Å²) < 4.78 is 0. The molecule has 138 valence electrons. The molecule has 1 aromatic heterocycles. The molecule has 0 radical (unpaired) electrons. The van der Waals surface area contributed by atoms with Crippen LogP contribution in [-0.4, -0.2) is 52.6 Å². The molecule has 3 aromatic rings. The number of carbonyl (C=O) groups is 1. The van der Waals surface area contributed by atoms with E-state index in [1.54, 1.807) is 11.8 Å². The van der Waals surface area contributed by atoms with Crippen LogP contribution in [0.15, 0.2) is 71.8 Å². The molecule has 0 atom stereocenters. The molecule has 27 heavy (non-hydrogen) atoms. The van der Waals surface area contributed by atoms with Gasteiger partial charge in [0.2, 0.25) is 5.91 Å². The molecular weight excluding hydrogens is 354 g/mol. The van der Waals surface area contributed by atoms with Gasteiger partial charge >= 0.3 is 0 Å². The van der Waals surface area contributed by atoms with Crippen molar-refractivity contribution in [3.63, 3.8) is 0 Å². The summed E-state index contributed by atoms with van der Waals surface area (Å²) in [5.41, 5.74) is 2.34. The zero-order valence-electron chi connectivity index (χ0n) is 15.3. The molecule has 1 fully saturated rings. The van der Waals surface area contributed by atoms with Gasteiger partial charge in [0, 0.05) is 49.2 Å². The lowest BCUT2D eigenvalue weighted by Crippen LogP contribution is -2.48. The summed E-state index contributed by atoms with van der Waals surface area (Å²) in [6.45, 7) is 4.30. The van der Waals surface area contributed by atoms with Crippen molar-refractivity contribution in [2.45, 2.75) is 11.4 Å². The lowest BCUT2D eigenvalue weighted by Gasteiger charge is -2.34. The Balaban J connectivity index is 1.30. The van der Waals surface area contributed by atoms with E-state index in [-0.39, 0.29) is 5.91 Å². The zero-order valence-corrected chi connectivity index (χ0v) is 16.1. The molecule has 0 unspecified atom stereocenters. The quantitative estimate of drug-likeness (QED) is 0.636. The molecule has 2 aromatic carbocycles. The Labute approximate surface area is 164 Å². The van der Waals surface area contributed by atoms with E-state index in [0.29, 0.717) is 5.75 Å². The number of para-hydroxylation sites is 1. The number of benzene rings is 2. The maximum Gasteiger partial charge on any atom is 0.233 e. The van der Waals surface area contributed by atoms with Gasteiger partial charge < -0.3 is 4.90 Å². The number of amides is 1. The van der Waals surface area contributed by atoms with E-state index in [1.807, 2.05) is 47.5 Å². The summed E-state index contributed by atoms with van der Waals surface area (Å²) >= 11 is 1.61. The van der Waals surface area contributed by atoms with E-state index in [1.165, 1.54) is 10.9 Å². The average Bonchev–Trinajstić information content (AvgIpc) is 2.74. The molecule has 0 aliphatic carbocycles. The van der Waals surface area contributed by atoms with Crippen LogP contribution in [0, 0.1) is 0 Å². The fraction of sp³-hybridized carbons (Fsp3) is 0.273. The molecule has 0 spiro atoms. The van der Waals surface area contributed by atoms with Gasteiger partial charge in [0.25, 0.3) is 0 Å². The van der Waals surface area contributed by atoms with E-state index in [2.05, 4.69) is 34.1 Å². The Kier molecular flexibility index (Phi) is 5.70. The first-order valence-corrected chi connectivity index (χ1v) is 10.3. The highest BCUT2D eigenvalue weighted by atomic mass is 32.2. The normalized spacial score (nSPS) is 15.2. The van der Waals surface area contributed by atoms with Gasteiger partial charge in [-0.15, -0.1) is 11.8 Å². The first kappa shape index (κ1) is 18.0. The summed E-state index contributed by atoms with van der Waals surface area (Å²) in [6, 6.07) is 20.5. The molecule has 1 saturated heterocycles. The van der Waals surface area contributed by atoms with Crippen molar-refractivity contribution in [1.29, 1.82) is 0 Å². The Bertz CT molecular complexity index is 902. The minimum absolute atomic E-state index is 0.232. The molecule has 0 N–H and O–H groups in total. The summed E-state index contributed by atoms with van der Waals surface area (Å²) in [6.07, 6.45) is 1.85. The van der Waals surface area contributed by atoms with Crippen LogP contribution >= 0.6 is 11.8 Å². The van der Waals surface area contributed by atoms with Gasteiger partial charge in [-0.3, -0.25) is 14.7 Å². The van der Waals surface area contributed by atoms with Crippen LogP contribution in [0.1, 0.15) is 5.56 Å². The smallest absolute Gasteiger partial charge is 0.233 e. The van der Waals surface area contributed by atoms with Gasteiger partial charge in [0.15, 0.2) is 0 Å². The summed E-state index contributed by atoms with van der Waals surface area (Å²) in [5, 5.41) is 1.18. The molecule has 5 heteroatoms. The fourth-order valence-corrected chi connectivity index (χ4v) is 4.27. The van der Waals surface area contributed by atoms with Crippen LogP contribution in [-0.2, 0) is 11.3 Å². The van der Waals surface area contributed by atoms with Gasteiger partial charge in [0.1, 0.15) is 0 Å². The molecule has 1 amide bonds. The van der Waals surface area contributed by atoms with Crippen molar-refractivity contribution >= 4 is 28.6 Å². The van der Waals surface area contributed by atoms with Crippen LogP contribution in [0.4, 0.5) is 0 Å². The lowest BCUT2D eigenvalue weighted by molar-refractivity contribution is -0.130. The molecular formula is C22H23N3OS. The molecule has 0 saturated carbocycles. The number of carbonyl (C=O) groups excluding carboxylic acids is 1. The highest BCUT2D eigenvalue weighted by Crippen LogP contribution is 2.20. The van der Waals surface area contributed by atoms with E-state index in [9.17, 15) is 4.79 Å². The number of pyridine rings is 1. The fourth-order valence-electron chi connectivity index (χ4n) is 3.44. The molecule has 2 heterocycles. The number of aromatic nitrogens is 1. The third kappa shape index (κ3) is 4.49. The van der Waals surface area contributed by atoms with Crippen molar-refractivity contribution in [3.05, 3.63) is 72.4 Å². The summed E-state index contributed by atoms with van der Waals surface area (Å²) in [5.74, 6) is 0.743. The van der Waals surface area contributed by atoms with Crippen LogP contribution in [0.5, 0.6) is 0 Å². The standard InChI is InChI=1S/C22H23N3OS/c26-21(17-27-20-9-2-1-3-10-20)25-14-12-24(13-15-25)16-19-7-4-6-18-8-5-11-23-22(18)19/h1-11H,12-17H2. The number of thioether (sulfide) groups is 1. The zero-order chi connectivity index (χ0) is 18.5. The second-order valence-electron chi connectivity index (χ2n) is 6.75. The average molecular weight is 378 g/mol. The van der Waals surface area contributed by atoms with Crippen molar-refractivity contribution in [2.75, 3.05) is 31.9 Å². The number of nitrogens with zero attached hydrogens (tertiary/aromatic N) is 3. The molecule has 4 nitrogen and oxygen atoms in total. The Morgan fingerprint density at radius 3 is 2.52 bits per heavy atom. The maximum absolute atomic E-state index is 12.5. The topological polar surface area (TPSA) is 36.4 Å². The Morgan fingerprint density at radius 1 is 0.926 bits per heavy atom. The van der Waals surface area contributed by atoms with Crippen LogP contribution < -0.4 is 0 Å². The summed E-state index contributed by atoms with van der Waals surface area (Å²) in [4.78, 5) is 22.6. The SMILES string of the molecule is O=C(CSc1ccccc1)N1CCN(Cc2cccc3cccnc23)CC1. The van der Waals surface area contributed by atoms with Gasteiger partial charge in [-0.1, -0.05) is 42.5 Å². The highest BCUT2D eigenvalue weighted by molar-refractivity contribution is 8.00. The monoisotopic (exact) mass is 377 g/mol. The highest BCUT2D eigenvalue weighted by Gasteiger charge is 2.21. The van der Waals surface area contributed by atoms with Gasteiger partial charge in [-0.25, -0.2) is 0 Å². The lowest BCUT2D eigenvalue weighted by atomic mass is 10.1. The minimum Gasteiger partial charge on any atom is -0.339 e. The number of rotatable bonds is 5. The Hall–Kier alpha value is -2.37. The van der Waals surface area contributed by atoms with Gasteiger partial charge in [-0.2, -0.15) is 0 Å². The van der Waals surface area contributed by atoms with E-state index >= 15 is 0 Å². The Morgan fingerprint density at radius 2 is 1.70 bits per heavy atom. The number of fused-ring (bicyclic) bond motifs is 1. The van der Waals surface area contributed by atoms with Crippen molar-refractivity contribution in [1.82, 2.24) is 14.8 Å². The number of piperazine rings is 1. The van der Waals surface area contributed by atoms with E-state index in [0.717, 1.165) is 43.1 Å². The van der Waals surface area contributed by atoms with E-state index < -0.39 is 0 Å². The second-order valence-corrected chi connectivity index (χ2v) is 7.80. The first-order chi connectivity index (χ1) is 13.3. The molecule has 1 aliphatic heterocycles. The third-order valence-electron chi connectivity index (χ3n) is 4.94. The van der Waals surface area contributed by atoms with Crippen LogP contribution in [0.3, 0.4) is 0 Å². The second kappa shape index (κ2) is 8.55. The van der Waals surface area contributed by atoms with Crippen molar-refractivity contribution in [3.8, 4) is 0 Å². The number of hydrogen-bond acceptors (Lipinski definition) is 4.